The molecule has 1 fully saturated rings. The number of guanidine groups is 1. The summed E-state index contributed by atoms with van der Waals surface area (Å²) in [7, 11) is -3.76. The lowest BCUT2D eigenvalue weighted by Crippen LogP contribution is -2.55. The number of nitrogens with one attached hydrogen (secondary N) is 1. The summed E-state index contributed by atoms with van der Waals surface area (Å²) in [5.74, 6) is -0.664. The van der Waals surface area contributed by atoms with E-state index in [1.54, 1.807) is 12.1 Å². The van der Waals surface area contributed by atoms with Crippen molar-refractivity contribution in [2.24, 2.45) is 15.7 Å². The number of benzene rings is 1. The predicted molar refractivity (Wildman–Crippen MR) is 112 cm³/mol. The fourth-order valence-corrected chi connectivity index (χ4v) is 4.85. The van der Waals surface area contributed by atoms with Gasteiger partial charge >= 0.3 is 0 Å². The first-order chi connectivity index (χ1) is 13.6. The Morgan fingerprint density at radius 3 is 2.41 bits per heavy atom. The number of amides is 1. The van der Waals surface area contributed by atoms with Crippen LogP contribution in [0.25, 0.3) is 0 Å². The number of hydrogen-bond acceptors (Lipinski definition) is 6. The van der Waals surface area contributed by atoms with Crippen LogP contribution in [0.1, 0.15) is 39.2 Å². The smallest absolute Gasteiger partial charge is 0.247 e. The van der Waals surface area contributed by atoms with Crippen LogP contribution >= 0.6 is 0 Å². The Morgan fingerprint density at radius 1 is 1.28 bits per heavy atom. The lowest BCUT2D eigenvalue weighted by Gasteiger charge is -2.31. The number of carbonyl (C=O) groups is 1. The first-order valence-corrected chi connectivity index (χ1v) is 10.9. The second kappa shape index (κ2) is 9.36. The van der Waals surface area contributed by atoms with E-state index in [2.05, 4.69) is 15.3 Å². The highest BCUT2D eigenvalue weighted by atomic mass is 32.2. The number of ether oxygens (including phenoxy) is 1. The summed E-state index contributed by atoms with van der Waals surface area (Å²) in [6.45, 7) is 5.67. The molecule has 0 aromatic heterocycles. The Hall–Kier alpha value is -2.46. The fraction of sp³-hybridized carbons (Fsp3) is 0.526. The SMILES string of the molecule is CCN=C(N=C(N)NC(=O)C(C)(C)S(=O)(=O)C1CCOCC1)c1ccc(O)cc1. The maximum Gasteiger partial charge on any atom is 0.247 e. The van der Waals surface area contributed by atoms with Gasteiger partial charge in [-0.05, 0) is 57.9 Å². The van der Waals surface area contributed by atoms with Gasteiger partial charge < -0.3 is 15.6 Å². The summed E-state index contributed by atoms with van der Waals surface area (Å²) >= 11 is 0. The number of rotatable bonds is 5. The lowest BCUT2D eigenvalue weighted by molar-refractivity contribution is -0.121. The molecule has 0 saturated carbocycles. The largest absolute Gasteiger partial charge is 0.508 e. The molecule has 0 radical (unpaired) electrons. The number of nitrogens with two attached hydrogens (primary N) is 1. The third kappa shape index (κ3) is 5.33. The Labute approximate surface area is 171 Å². The van der Waals surface area contributed by atoms with Crippen molar-refractivity contribution in [1.29, 1.82) is 0 Å². The molecule has 9 nitrogen and oxygen atoms in total. The van der Waals surface area contributed by atoms with Gasteiger partial charge in [0.15, 0.2) is 15.7 Å². The van der Waals surface area contributed by atoms with E-state index in [1.807, 2.05) is 6.92 Å². The van der Waals surface area contributed by atoms with Crippen molar-refractivity contribution in [1.82, 2.24) is 5.32 Å². The third-order valence-electron chi connectivity index (χ3n) is 4.77. The zero-order valence-electron chi connectivity index (χ0n) is 16.9. The first kappa shape index (κ1) is 22.8. The minimum absolute atomic E-state index is 0.0925. The van der Waals surface area contributed by atoms with Crippen LogP contribution in [-0.2, 0) is 19.4 Å². The molecule has 0 aliphatic carbocycles. The zero-order valence-corrected chi connectivity index (χ0v) is 17.7. The number of sulfone groups is 1. The van der Waals surface area contributed by atoms with Gasteiger partial charge in [-0.25, -0.2) is 8.42 Å². The number of hydrogen-bond donors (Lipinski definition) is 3. The average Bonchev–Trinajstić information content (AvgIpc) is 2.68. The van der Waals surface area contributed by atoms with Crippen molar-refractivity contribution in [2.75, 3.05) is 19.8 Å². The van der Waals surface area contributed by atoms with Gasteiger partial charge in [-0.2, -0.15) is 4.99 Å². The summed E-state index contributed by atoms with van der Waals surface area (Å²) in [4.78, 5) is 21.1. The van der Waals surface area contributed by atoms with Crippen molar-refractivity contribution in [3.8, 4) is 5.75 Å². The first-order valence-electron chi connectivity index (χ1n) is 9.40. The van der Waals surface area contributed by atoms with E-state index in [4.69, 9.17) is 10.5 Å². The van der Waals surface area contributed by atoms with Crippen molar-refractivity contribution < 1.29 is 23.1 Å². The molecule has 0 bridgehead atoms. The highest BCUT2D eigenvalue weighted by molar-refractivity contribution is 7.94. The Bertz CT molecular complexity index is 886. The molecule has 0 atom stereocenters. The van der Waals surface area contributed by atoms with Crippen LogP contribution in [0.2, 0.25) is 0 Å². The van der Waals surface area contributed by atoms with Gasteiger partial charge in [-0.1, -0.05) is 0 Å². The van der Waals surface area contributed by atoms with E-state index >= 15 is 0 Å². The molecule has 1 aliphatic rings. The quantitative estimate of drug-likeness (QED) is 0.474. The molecule has 1 aromatic rings. The van der Waals surface area contributed by atoms with Crippen LogP contribution in [0.3, 0.4) is 0 Å². The van der Waals surface area contributed by atoms with Gasteiger partial charge in [0.05, 0.1) is 5.25 Å². The van der Waals surface area contributed by atoms with Crippen LogP contribution in [-0.4, -0.2) is 61.0 Å². The summed E-state index contributed by atoms with van der Waals surface area (Å²) in [5.41, 5.74) is 6.46. The van der Waals surface area contributed by atoms with Crippen molar-refractivity contribution >= 4 is 27.5 Å². The topological polar surface area (TPSA) is 143 Å². The van der Waals surface area contributed by atoms with Crippen LogP contribution < -0.4 is 11.1 Å². The van der Waals surface area contributed by atoms with Crippen LogP contribution in [0, 0.1) is 0 Å². The predicted octanol–water partition coefficient (Wildman–Crippen LogP) is 0.962. The molecular formula is C19H28N4O5S. The Morgan fingerprint density at radius 2 is 1.86 bits per heavy atom. The van der Waals surface area contributed by atoms with Crippen molar-refractivity contribution in [3.63, 3.8) is 0 Å². The number of nitrogens with zero attached hydrogens (tertiary/aromatic N) is 2. The number of carbonyl (C=O) groups excluding carboxylic acids is 1. The highest BCUT2D eigenvalue weighted by Gasteiger charge is 2.46. The van der Waals surface area contributed by atoms with Crippen molar-refractivity contribution in [3.05, 3.63) is 29.8 Å². The van der Waals surface area contributed by atoms with Crippen molar-refractivity contribution in [2.45, 2.75) is 43.6 Å². The second-order valence-corrected chi connectivity index (χ2v) is 9.94. The second-order valence-electron chi connectivity index (χ2n) is 7.16. The van der Waals surface area contributed by atoms with E-state index < -0.39 is 25.7 Å². The standard InChI is InChI=1S/C19H28N4O5S/c1-4-21-16(13-5-7-14(24)8-6-13)22-18(20)23-17(25)19(2,3)29(26,27)15-9-11-28-12-10-15/h5-8,15,24H,4,9-12H2,1-3H3,(H3,20,21,22,23,25). The molecule has 1 aliphatic heterocycles. The Balaban J connectivity index is 2.20. The summed E-state index contributed by atoms with van der Waals surface area (Å²) in [6, 6.07) is 6.19. The number of aromatic hydroxyl groups is 1. The number of phenolic OH excluding ortho intramolecular Hbond substituents is 1. The summed E-state index contributed by atoms with van der Waals surface area (Å²) < 4.78 is 29.5. The molecular weight excluding hydrogens is 396 g/mol. The molecule has 1 saturated heterocycles. The third-order valence-corrected chi connectivity index (χ3v) is 7.72. The van der Waals surface area contributed by atoms with Crippen LogP contribution in [0.15, 0.2) is 34.3 Å². The highest BCUT2D eigenvalue weighted by Crippen LogP contribution is 2.27. The van der Waals surface area contributed by atoms with E-state index in [1.165, 1.54) is 26.0 Å². The monoisotopic (exact) mass is 424 g/mol. The summed E-state index contributed by atoms with van der Waals surface area (Å²) in [6.07, 6.45) is 0.716. The summed E-state index contributed by atoms with van der Waals surface area (Å²) in [5, 5.41) is 11.2. The number of aliphatic imine (C=N–C) groups is 2. The molecule has 1 aromatic carbocycles. The van der Waals surface area contributed by atoms with Crippen LogP contribution in [0.5, 0.6) is 5.75 Å². The molecule has 160 valence electrons. The van der Waals surface area contributed by atoms with Gasteiger partial charge in [-0.3, -0.25) is 15.1 Å². The molecule has 0 spiro atoms. The number of phenols is 1. The zero-order chi connectivity index (χ0) is 21.7. The molecule has 29 heavy (non-hydrogen) atoms. The molecule has 10 heteroatoms. The fourth-order valence-electron chi connectivity index (χ4n) is 2.89. The Kier molecular flexibility index (Phi) is 7.37. The van der Waals surface area contributed by atoms with Gasteiger partial charge in [0.2, 0.25) is 11.9 Å². The molecule has 2 rings (SSSR count). The maximum absolute atomic E-state index is 13.0. The van der Waals surface area contributed by atoms with Crippen LogP contribution in [0.4, 0.5) is 0 Å². The van der Waals surface area contributed by atoms with E-state index in [0.717, 1.165) is 0 Å². The van der Waals surface area contributed by atoms with E-state index in [0.29, 0.717) is 38.2 Å². The molecule has 4 N–H and O–H groups in total. The maximum atomic E-state index is 13.0. The molecule has 1 amide bonds. The average molecular weight is 425 g/mol. The number of amidine groups is 1. The molecule has 0 unspecified atom stereocenters. The van der Waals surface area contributed by atoms with Gasteiger partial charge in [0, 0.05) is 25.3 Å². The van der Waals surface area contributed by atoms with Gasteiger partial charge in [0.25, 0.3) is 0 Å². The van der Waals surface area contributed by atoms with E-state index in [9.17, 15) is 18.3 Å². The van der Waals surface area contributed by atoms with E-state index in [-0.39, 0.29) is 17.5 Å². The van der Waals surface area contributed by atoms with Gasteiger partial charge in [0.1, 0.15) is 10.5 Å². The minimum Gasteiger partial charge on any atom is -0.508 e. The lowest BCUT2D eigenvalue weighted by atomic mass is 10.2. The minimum atomic E-state index is -3.76. The van der Waals surface area contributed by atoms with Gasteiger partial charge in [-0.15, -0.1) is 0 Å². The normalized spacial score (nSPS) is 17.2. The molecule has 1 heterocycles.